The molecule has 0 saturated carbocycles. The number of carbonyl (C=O) groups excluding carboxylic acids is 1. The maximum atomic E-state index is 11.5. The van der Waals surface area contributed by atoms with Crippen molar-refractivity contribution in [1.82, 2.24) is 15.2 Å². The number of aromatic amines is 1. The maximum absolute atomic E-state index is 11.5. The number of rotatable bonds is 6. The molecule has 0 bridgehead atoms. The van der Waals surface area contributed by atoms with Crippen LogP contribution < -0.4 is 10.6 Å². The highest BCUT2D eigenvalue weighted by molar-refractivity contribution is 6.31. The van der Waals surface area contributed by atoms with E-state index in [0.29, 0.717) is 12.5 Å². The van der Waals surface area contributed by atoms with E-state index in [1.807, 2.05) is 12.1 Å². The lowest BCUT2D eigenvalue weighted by Gasteiger charge is -2.26. The zero-order valence-corrected chi connectivity index (χ0v) is 16.3. The van der Waals surface area contributed by atoms with Crippen molar-refractivity contribution in [3.63, 3.8) is 0 Å². The smallest absolute Gasteiger partial charge is 0.234 e. The van der Waals surface area contributed by atoms with Crippen LogP contribution >= 0.6 is 11.6 Å². The minimum absolute atomic E-state index is 0.115. The Morgan fingerprint density at radius 2 is 2.11 bits per heavy atom. The fourth-order valence-corrected chi connectivity index (χ4v) is 4.13. The van der Waals surface area contributed by atoms with Crippen molar-refractivity contribution in [2.24, 2.45) is 5.92 Å². The normalized spacial score (nSPS) is 19.4. The molecule has 2 fully saturated rings. The zero-order valence-electron chi connectivity index (χ0n) is 15.5. The molecule has 4 rings (SSSR count). The Morgan fingerprint density at radius 1 is 1.26 bits per heavy atom. The molecule has 3 N–H and O–H groups in total. The number of benzene rings is 1. The number of carbonyl (C=O) groups is 1. The zero-order chi connectivity index (χ0) is 18.6. The molecule has 3 heterocycles. The number of H-pyrrole nitrogens is 1. The highest BCUT2D eigenvalue weighted by Gasteiger charge is 2.17. The second-order valence-electron chi connectivity index (χ2n) is 7.52. The fraction of sp³-hybridized carbons (Fsp3) is 0.550. The Morgan fingerprint density at radius 3 is 2.93 bits per heavy atom. The molecule has 2 aromatic rings. The number of nitrogens with one attached hydrogen (secondary N) is 3. The molecule has 27 heavy (non-hydrogen) atoms. The van der Waals surface area contributed by atoms with Crippen molar-refractivity contribution in [3.05, 3.63) is 28.9 Å². The maximum Gasteiger partial charge on any atom is 0.234 e. The van der Waals surface area contributed by atoms with Crippen molar-refractivity contribution >= 4 is 34.1 Å². The van der Waals surface area contributed by atoms with Gasteiger partial charge in [-0.1, -0.05) is 11.6 Å². The molecule has 0 atom stereocenters. The highest BCUT2D eigenvalue weighted by atomic mass is 35.5. The molecule has 1 aromatic heterocycles. The number of hydrogen-bond donors (Lipinski definition) is 3. The van der Waals surface area contributed by atoms with Gasteiger partial charge in [0.25, 0.3) is 0 Å². The number of aromatic nitrogens is 1. The van der Waals surface area contributed by atoms with Gasteiger partial charge >= 0.3 is 0 Å². The number of anilines is 1. The summed E-state index contributed by atoms with van der Waals surface area (Å²) in [5.74, 6) is 0.761. The van der Waals surface area contributed by atoms with Crippen LogP contribution in [0.25, 0.3) is 10.9 Å². The van der Waals surface area contributed by atoms with E-state index in [4.69, 9.17) is 16.3 Å². The van der Waals surface area contributed by atoms with Gasteiger partial charge in [-0.05, 0) is 37.0 Å². The molecule has 2 aliphatic heterocycles. The summed E-state index contributed by atoms with van der Waals surface area (Å²) < 4.78 is 5.44. The van der Waals surface area contributed by atoms with Crippen molar-refractivity contribution < 1.29 is 9.53 Å². The molecule has 1 aromatic carbocycles. The SMILES string of the molecule is O=C1CN(CCc2cc3cc(Cl)cc(NCC4CCOCC4)c3[nH]2)CCN1. The van der Waals surface area contributed by atoms with Crippen LogP contribution in [0.15, 0.2) is 18.2 Å². The summed E-state index contributed by atoms with van der Waals surface area (Å²) >= 11 is 6.34. The molecule has 0 unspecified atom stereocenters. The van der Waals surface area contributed by atoms with Gasteiger partial charge in [-0.25, -0.2) is 0 Å². The van der Waals surface area contributed by atoms with E-state index in [9.17, 15) is 4.79 Å². The van der Waals surface area contributed by atoms with Crippen molar-refractivity contribution in [3.8, 4) is 0 Å². The first-order chi connectivity index (χ1) is 13.2. The lowest BCUT2D eigenvalue weighted by atomic mass is 10.0. The van der Waals surface area contributed by atoms with Crippen LogP contribution in [0, 0.1) is 5.92 Å². The van der Waals surface area contributed by atoms with Crippen LogP contribution in [-0.4, -0.2) is 61.7 Å². The fourth-order valence-electron chi connectivity index (χ4n) is 3.91. The van der Waals surface area contributed by atoms with Crippen molar-refractivity contribution in [2.75, 3.05) is 51.3 Å². The van der Waals surface area contributed by atoms with Gasteiger partial charge in [-0.15, -0.1) is 0 Å². The van der Waals surface area contributed by atoms with Crippen LogP contribution in [-0.2, 0) is 16.0 Å². The predicted octanol–water partition coefficient (Wildman–Crippen LogP) is 2.63. The molecule has 1 amide bonds. The number of piperazine rings is 1. The van der Waals surface area contributed by atoms with Gasteiger partial charge < -0.3 is 20.4 Å². The van der Waals surface area contributed by atoms with Gasteiger partial charge in [-0.3, -0.25) is 9.69 Å². The van der Waals surface area contributed by atoms with Crippen LogP contribution in [0.3, 0.4) is 0 Å². The molecule has 7 heteroatoms. The summed E-state index contributed by atoms with van der Waals surface area (Å²) in [6, 6.07) is 6.17. The third-order valence-electron chi connectivity index (χ3n) is 5.49. The van der Waals surface area contributed by atoms with E-state index in [1.165, 1.54) is 5.69 Å². The van der Waals surface area contributed by atoms with Gasteiger partial charge in [0.15, 0.2) is 0 Å². The van der Waals surface area contributed by atoms with Gasteiger partial charge in [0.1, 0.15) is 0 Å². The molecule has 0 spiro atoms. The van der Waals surface area contributed by atoms with Crippen molar-refractivity contribution in [2.45, 2.75) is 19.3 Å². The average molecular weight is 391 g/mol. The van der Waals surface area contributed by atoms with Gasteiger partial charge in [0.2, 0.25) is 5.91 Å². The number of amides is 1. The number of hydrogen-bond acceptors (Lipinski definition) is 4. The Bertz CT molecular complexity index is 801. The Kier molecular flexibility index (Phi) is 5.86. The van der Waals surface area contributed by atoms with E-state index in [-0.39, 0.29) is 5.91 Å². The minimum Gasteiger partial charge on any atom is -0.383 e. The van der Waals surface area contributed by atoms with Crippen LogP contribution in [0.5, 0.6) is 0 Å². The van der Waals surface area contributed by atoms with E-state index in [2.05, 4.69) is 26.6 Å². The number of ether oxygens (including phenoxy) is 1. The summed E-state index contributed by atoms with van der Waals surface area (Å²) in [6.45, 7) is 5.67. The number of fused-ring (bicyclic) bond motifs is 1. The van der Waals surface area contributed by atoms with E-state index in [0.717, 1.165) is 80.3 Å². The highest BCUT2D eigenvalue weighted by Crippen LogP contribution is 2.29. The third-order valence-corrected chi connectivity index (χ3v) is 5.70. The van der Waals surface area contributed by atoms with Crippen molar-refractivity contribution in [1.29, 1.82) is 0 Å². The lowest BCUT2D eigenvalue weighted by Crippen LogP contribution is -2.48. The minimum atomic E-state index is 0.115. The summed E-state index contributed by atoms with van der Waals surface area (Å²) in [6.07, 6.45) is 3.10. The first kappa shape index (κ1) is 18.6. The topological polar surface area (TPSA) is 69.4 Å². The summed E-state index contributed by atoms with van der Waals surface area (Å²) in [5, 5.41) is 8.33. The standard InChI is InChI=1S/C20H27ClN4O2/c21-16-9-15-10-17(1-5-25-6-4-22-19(26)13-25)24-20(15)18(11-16)23-12-14-2-7-27-8-3-14/h9-11,14,23-24H,1-8,12-13H2,(H,22,26). The van der Waals surface area contributed by atoms with Crippen LogP contribution in [0.2, 0.25) is 5.02 Å². The Balaban J connectivity index is 1.43. The predicted molar refractivity (Wildman–Crippen MR) is 108 cm³/mol. The number of halogens is 1. The quantitative estimate of drug-likeness (QED) is 0.709. The van der Waals surface area contributed by atoms with E-state index < -0.39 is 0 Å². The van der Waals surface area contributed by atoms with Crippen LogP contribution in [0.1, 0.15) is 18.5 Å². The van der Waals surface area contributed by atoms with Gasteiger partial charge in [0.05, 0.1) is 17.7 Å². The first-order valence-electron chi connectivity index (χ1n) is 9.79. The second-order valence-corrected chi connectivity index (χ2v) is 7.96. The molecule has 0 radical (unpaired) electrons. The average Bonchev–Trinajstić information content (AvgIpc) is 3.08. The second kappa shape index (κ2) is 8.50. The van der Waals surface area contributed by atoms with E-state index in [1.54, 1.807) is 0 Å². The Labute approximate surface area is 164 Å². The Hall–Kier alpha value is -1.76. The summed E-state index contributed by atoms with van der Waals surface area (Å²) in [4.78, 5) is 17.3. The van der Waals surface area contributed by atoms with Gasteiger partial charge in [-0.2, -0.15) is 0 Å². The van der Waals surface area contributed by atoms with Gasteiger partial charge in [0, 0.05) is 61.9 Å². The molecule has 2 aliphatic rings. The molecule has 0 aliphatic carbocycles. The molecule has 2 saturated heterocycles. The molecule has 146 valence electrons. The molecule has 6 nitrogen and oxygen atoms in total. The first-order valence-corrected chi connectivity index (χ1v) is 10.2. The number of nitrogens with zero attached hydrogens (tertiary/aromatic N) is 1. The summed E-state index contributed by atoms with van der Waals surface area (Å²) in [5.41, 5.74) is 3.35. The third kappa shape index (κ3) is 4.75. The largest absolute Gasteiger partial charge is 0.383 e. The summed E-state index contributed by atoms with van der Waals surface area (Å²) in [7, 11) is 0. The van der Waals surface area contributed by atoms with E-state index >= 15 is 0 Å². The molecular formula is C20H27ClN4O2. The molecular weight excluding hydrogens is 364 g/mol. The van der Waals surface area contributed by atoms with Crippen LogP contribution in [0.4, 0.5) is 5.69 Å². The monoisotopic (exact) mass is 390 g/mol. The lowest BCUT2D eigenvalue weighted by molar-refractivity contribution is -0.124.